The van der Waals surface area contributed by atoms with Crippen LogP contribution >= 0.6 is 0 Å². The fraction of sp³-hybridized carbons (Fsp3) is 0.462. The number of nitrogens with zero attached hydrogens (tertiary/aromatic N) is 2. The largest absolute Gasteiger partial charge is 0.479 e. The fourth-order valence-electron chi connectivity index (χ4n) is 2.07. The summed E-state index contributed by atoms with van der Waals surface area (Å²) < 4.78 is 0. The molecular formula is C13H16N2O3. The molecule has 1 aliphatic carbocycles. The second kappa shape index (κ2) is 4.76. The van der Waals surface area contributed by atoms with Crippen molar-refractivity contribution in [3.63, 3.8) is 0 Å². The van der Waals surface area contributed by atoms with Gasteiger partial charge in [-0.15, -0.1) is 0 Å². The van der Waals surface area contributed by atoms with Crippen molar-refractivity contribution in [1.82, 2.24) is 9.88 Å². The van der Waals surface area contributed by atoms with E-state index in [1.165, 1.54) is 18.0 Å². The molecule has 1 aromatic heterocycles. The first-order valence-electron chi connectivity index (χ1n) is 5.95. The molecule has 1 atom stereocenters. The van der Waals surface area contributed by atoms with Crippen LogP contribution in [0.4, 0.5) is 0 Å². The molecule has 5 heteroatoms. The van der Waals surface area contributed by atoms with E-state index >= 15 is 0 Å². The van der Waals surface area contributed by atoms with Gasteiger partial charge < -0.3 is 10.0 Å². The third-order valence-corrected chi connectivity index (χ3v) is 3.07. The Balaban J connectivity index is 2.35. The number of amides is 1. The summed E-state index contributed by atoms with van der Waals surface area (Å²) in [6, 6.07) is 2.61. The van der Waals surface area contributed by atoms with Crippen LogP contribution in [0.15, 0.2) is 18.3 Å². The van der Waals surface area contributed by atoms with E-state index in [1.807, 2.05) is 6.92 Å². The van der Waals surface area contributed by atoms with Crippen LogP contribution in [0.5, 0.6) is 0 Å². The van der Waals surface area contributed by atoms with Crippen LogP contribution in [-0.4, -0.2) is 32.9 Å². The van der Waals surface area contributed by atoms with Gasteiger partial charge in [0.05, 0.1) is 0 Å². The van der Waals surface area contributed by atoms with E-state index < -0.39 is 12.0 Å². The van der Waals surface area contributed by atoms with Crippen LogP contribution in [0.1, 0.15) is 37.1 Å². The molecule has 18 heavy (non-hydrogen) atoms. The first-order chi connectivity index (χ1) is 8.50. The van der Waals surface area contributed by atoms with Gasteiger partial charge >= 0.3 is 5.97 Å². The van der Waals surface area contributed by atoms with Gasteiger partial charge in [0.25, 0.3) is 0 Å². The molecule has 0 bridgehead atoms. The van der Waals surface area contributed by atoms with Crippen molar-refractivity contribution in [2.24, 2.45) is 0 Å². The number of rotatable bonds is 4. The zero-order chi connectivity index (χ0) is 13.3. The first kappa shape index (κ1) is 12.5. The number of aliphatic carboxylic acids is 1. The van der Waals surface area contributed by atoms with E-state index in [-0.39, 0.29) is 11.9 Å². The summed E-state index contributed by atoms with van der Waals surface area (Å²) in [6.45, 7) is 3.25. The summed E-state index contributed by atoms with van der Waals surface area (Å²) in [4.78, 5) is 28.7. The number of carboxylic acid groups (broad SMARTS) is 1. The molecule has 0 spiro atoms. The summed E-state index contributed by atoms with van der Waals surface area (Å²) in [5.41, 5.74) is 1.37. The maximum absolute atomic E-state index is 11.7. The fourth-order valence-corrected chi connectivity index (χ4v) is 2.07. The summed E-state index contributed by atoms with van der Waals surface area (Å²) in [7, 11) is 0. The lowest BCUT2D eigenvalue weighted by molar-refractivity contribution is -0.150. The minimum Gasteiger partial charge on any atom is -0.479 e. The zero-order valence-corrected chi connectivity index (χ0v) is 10.5. The molecule has 0 radical (unpaired) electrons. The number of hydrogen-bond acceptors (Lipinski definition) is 3. The van der Waals surface area contributed by atoms with Crippen molar-refractivity contribution >= 4 is 11.9 Å². The first-order valence-corrected chi connectivity index (χ1v) is 5.95. The van der Waals surface area contributed by atoms with Gasteiger partial charge in [-0.1, -0.05) is 6.07 Å². The van der Waals surface area contributed by atoms with Crippen molar-refractivity contribution in [3.8, 4) is 0 Å². The molecule has 0 saturated heterocycles. The van der Waals surface area contributed by atoms with Crippen molar-refractivity contribution < 1.29 is 14.7 Å². The third kappa shape index (κ3) is 2.50. The number of aromatic nitrogens is 1. The van der Waals surface area contributed by atoms with Gasteiger partial charge in [-0.3, -0.25) is 9.78 Å². The van der Waals surface area contributed by atoms with Gasteiger partial charge in [0, 0.05) is 30.4 Å². The van der Waals surface area contributed by atoms with Gasteiger partial charge in [0.15, 0.2) is 6.04 Å². The van der Waals surface area contributed by atoms with Gasteiger partial charge in [-0.05, 0) is 25.8 Å². The summed E-state index contributed by atoms with van der Waals surface area (Å²) in [5.74, 6) is -1.21. The summed E-state index contributed by atoms with van der Waals surface area (Å²) >= 11 is 0. The van der Waals surface area contributed by atoms with E-state index in [0.717, 1.165) is 18.5 Å². The molecule has 0 aliphatic heterocycles. The van der Waals surface area contributed by atoms with Gasteiger partial charge in [-0.2, -0.15) is 0 Å². The normalized spacial score (nSPS) is 16.1. The molecule has 0 aromatic carbocycles. The molecule has 1 fully saturated rings. The SMILES string of the molecule is CC(=O)N(C1CC1)C(C(=O)O)c1ccc(C)nc1. The molecular weight excluding hydrogens is 232 g/mol. The maximum atomic E-state index is 11.7. The zero-order valence-electron chi connectivity index (χ0n) is 10.5. The number of aryl methyl sites for hydroxylation is 1. The highest BCUT2D eigenvalue weighted by atomic mass is 16.4. The van der Waals surface area contributed by atoms with Gasteiger partial charge in [0.2, 0.25) is 5.91 Å². The van der Waals surface area contributed by atoms with Crippen molar-refractivity contribution in [3.05, 3.63) is 29.6 Å². The highest BCUT2D eigenvalue weighted by Gasteiger charge is 2.40. The van der Waals surface area contributed by atoms with Crippen LogP contribution in [0, 0.1) is 6.92 Å². The predicted octanol–water partition coefficient (Wildman–Crippen LogP) is 1.53. The molecule has 1 aromatic rings. The Kier molecular flexibility index (Phi) is 3.32. The Bertz CT molecular complexity index is 466. The molecule has 1 amide bonds. The molecule has 1 N–H and O–H groups in total. The van der Waals surface area contributed by atoms with Gasteiger partial charge in [-0.25, -0.2) is 4.79 Å². The lowest BCUT2D eigenvalue weighted by Gasteiger charge is -2.28. The lowest BCUT2D eigenvalue weighted by atomic mass is 10.1. The average molecular weight is 248 g/mol. The van der Waals surface area contributed by atoms with Crippen LogP contribution in [0.3, 0.4) is 0 Å². The Labute approximate surface area is 105 Å². The van der Waals surface area contributed by atoms with Gasteiger partial charge in [0.1, 0.15) is 0 Å². The second-order valence-corrected chi connectivity index (χ2v) is 4.63. The van der Waals surface area contributed by atoms with Crippen molar-refractivity contribution in [2.75, 3.05) is 0 Å². The van der Waals surface area contributed by atoms with E-state index in [0.29, 0.717) is 5.56 Å². The van der Waals surface area contributed by atoms with Crippen LogP contribution < -0.4 is 0 Å². The summed E-state index contributed by atoms with van der Waals surface area (Å²) in [6.07, 6.45) is 3.29. The van der Waals surface area contributed by atoms with E-state index in [4.69, 9.17) is 0 Å². The molecule has 5 nitrogen and oxygen atoms in total. The number of carbonyl (C=O) groups excluding carboxylic acids is 1. The Hall–Kier alpha value is -1.91. The van der Waals surface area contributed by atoms with Crippen LogP contribution in [-0.2, 0) is 9.59 Å². The highest BCUT2D eigenvalue weighted by Crippen LogP contribution is 2.34. The number of pyridine rings is 1. The van der Waals surface area contributed by atoms with Crippen molar-refractivity contribution in [1.29, 1.82) is 0 Å². The van der Waals surface area contributed by atoms with Crippen LogP contribution in [0.2, 0.25) is 0 Å². The summed E-state index contributed by atoms with van der Waals surface area (Å²) in [5, 5.41) is 9.37. The molecule has 1 aliphatic rings. The van der Waals surface area contributed by atoms with Crippen LogP contribution in [0.25, 0.3) is 0 Å². The molecule has 96 valence electrons. The quantitative estimate of drug-likeness (QED) is 0.877. The molecule has 1 heterocycles. The smallest absolute Gasteiger partial charge is 0.331 e. The third-order valence-electron chi connectivity index (χ3n) is 3.07. The topological polar surface area (TPSA) is 70.5 Å². The Morgan fingerprint density at radius 2 is 2.11 bits per heavy atom. The average Bonchev–Trinajstić information content (AvgIpc) is 3.10. The standard InChI is InChI=1S/C13H16N2O3/c1-8-3-4-10(7-14-8)12(13(17)18)15(9(2)16)11-5-6-11/h3-4,7,11-12H,5-6H2,1-2H3,(H,17,18). The van der Waals surface area contributed by atoms with E-state index in [1.54, 1.807) is 12.1 Å². The predicted molar refractivity (Wildman–Crippen MR) is 64.9 cm³/mol. The minimum absolute atomic E-state index is 0.0601. The molecule has 1 unspecified atom stereocenters. The second-order valence-electron chi connectivity index (χ2n) is 4.63. The monoisotopic (exact) mass is 248 g/mol. The number of carbonyl (C=O) groups is 2. The Morgan fingerprint density at radius 3 is 2.50 bits per heavy atom. The lowest BCUT2D eigenvalue weighted by Crippen LogP contribution is -2.39. The Morgan fingerprint density at radius 1 is 1.44 bits per heavy atom. The minimum atomic E-state index is -1.01. The van der Waals surface area contributed by atoms with E-state index in [9.17, 15) is 14.7 Å². The number of carboxylic acids is 1. The van der Waals surface area contributed by atoms with Crippen molar-refractivity contribution in [2.45, 2.75) is 38.8 Å². The van der Waals surface area contributed by atoms with E-state index in [2.05, 4.69) is 4.98 Å². The maximum Gasteiger partial charge on any atom is 0.331 e. The molecule has 1 saturated carbocycles. The number of hydrogen-bond donors (Lipinski definition) is 1. The highest BCUT2D eigenvalue weighted by molar-refractivity contribution is 5.83. The molecule has 2 rings (SSSR count).